The van der Waals surface area contributed by atoms with Crippen LogP contribution in [-0.2, 0) is 6.54 Å². The van der Waals surface area contributed by atoms with Crippen LogP contribution in [0.2, 0.25) is 0 Å². The Hall–Kier alpha value is -2.54. The number of benzene rings is 1. The first-order chi connectivity index (χ1) is 11.6. The molecule has 0 aliphatic rings. The van der Waals surface area contributed by atoms with Crippen molar-refractivity contribution in [1.82, 2.24) is 20.2 Å². The first-order valence-corrected chi connectivity index (χ1v) is 7.78. The van der Waals surface area contributed by atoms with E-state index < -0.39 is 0 Å². The molecule has 2 aromatic rings. The summed E-state index contributed by atoms with van der Waals surface area (Å²) in [6.45, 7) is 1.86. The number of halogens is 1. The van der Waals surface area contributed by atoms with Crippen molar-refractivity contribution in [3.63, 3.8) is 0 Å². The number of aromatic nitrogens is 2. The van der Waals surface area contributed by atoms with Crippen molar-refractivity contribution in [1.29, 1.82) is 0 Å². The maximum Gasteiger partial charge on any atom is 0.254 e. The van der Waals surface area contributed by atoms with E-state index in [1.54, 1.807) is 18.2 Å². The second-order valence-electron chi connectivity index (χ2n) is 5.65. The van der Waals surface area contributed by atoms with Gasteiger partial charge in [0.2, 0.25) is 5.95 Å². The van der Waals surface area contributed by atoms with Crippen molar-refractivity contribution >= 4 is 11.9 Å². The number of hydrogen-bond donors (Lipinski definition) is 2. The third kappa shape index (κ3) is 5.58. The molecule has 0 aliphatic carbocycles. The van der Waals surface area contributed by atoms with E-state index in [1.165, 1.54) is 18.5 Å². The van der Waals surface area contributed by atoms with E-state index in [0.717, 1.165) is 19.5 Å². The molecule has 0 spiro atoms. The van der Waals surface area contributed by atoms with Crippen LogP contribution in [0, 0.1) is 5.82 Å². The molecule has 0 saturated carbocycles. The fourth-order valence-electron chi connectivity index (χ4n) is 2.05. The van der Waals surface area contributed by atoms with E-state index in [4.69, 9.17) is 0 Å². The maximum absolute atomic E-state index is 13.5. The van der Waals surface area contributed by atoms with Crippen LogP contribution in [0.25, 0.3) is 0 Å². The molecule has 128 valence electrons. The zero-order chi connectivity index (χ0) is 17.4. The topological polar surface area (TPSA) is 70.2 Å². The third-order valence-corrected chi connectivity index (χ3v) is 3.38. The highest BCUT2D eigenvalue weighted by molar-refractivity contribution is 5.93. The summed E-state index contributed by atoms with van der Waals surface area (Å²) < 4.78 is 13.5. The summed E-state index contributed by atoms with van der Waals surface area (Å²) in [6.07, 6.45) is 3.89. The van der Waals surface area contributed by atoms with Crippen LogP contribution in [0.4, 0.5) is 10.3 Å². The highest BCUT2D eigenvalue weighted by atomic mass is 19.1. The van der Waals surface area contributed by atoms with Gasteiger partial charge in [0.15, 0.2) is 0 Å². The van der Waals surface area contributed by atoms with Gasteiger partial charge in [-0.2, -0.15) is 0 Å². The van der Waals surface area contributed by atoms with Crippen LogP contribution >= 0.6 is 0 Å². The van der Waals surface area contributed by atoms with Gasteiger partial charge < -0.3 is 15.5 Å². The smallest absolute Gasteiger partial charge is 0.254 e. The SMILES string of the molecule is CN(C)CCCNc1ncc(C(=O)NCc2ccccc2F)cn1. The Labute approximate surface area is 141 Å². The van der Waals surface area contributed by atoms with Gasteiger partial charge in [-0.05, 0) is 33.1 Å². The molecule has 2 N–H and O–H groups in total. The normalized spacial score (nSPS) is 10.7. The number of nitrogens with one attached hydrogen (secondary N) is 2. The lowest BCUT2D eigenvalue weighted by Gasteiger charge is -2.10. The highest BCUT2D eigenvalue weighted by Crippen LogP contribution is 2.06. The van der Waals surface area contributed by atoms with Crippen LogP contribution < -0.4 is 10.6 Å². The molecule has 1 aromatic heterocycles. The minimum absolute atomic E-state index is 0.121. The van der Waals surface area contributed by atoms with Gasteiger partial charge in [-0.25, -0.2) is 14.4 Å². The largest absolute Gasteiger partial charge is 0.354 e. The molecule has 1 aromatic carbocycles. The quantitative estimate of drug-likeness (QED) is 0.723. The molecule has 0 bridgehead atoms. The van der Waals surface area contributed by atoms with E-state index in [-0.39, 0.29) is 18.3 Å². The Balaban J connectivity index is 1.81. The van der Waals surface area contributed by atoms with Gasteiger partial charge in [-0.15, -0.1) is 0 Å². The second-order valence-corrected chi connectivity index (χ2v) is 5.65. The molecule has 0 aliphatic heterocycles. The van der Waals surface area contributed by atoms with Gasteiger partial charge in [0, 0.05) is 31.0 Å². The Morgan fingerprint density at radius 2 is 1.92 bits per heavy atom. The first kappa shape index (κ1) is 17.8. The summed E-state index contributed by atoms with van der Waals surface area (Å²) in [5.74, 6) is -0.192. The fraction of sp³-hybridized carbons (Fsp3) is 0.353. The number of carbonyl (C=O) groups excluding carboxylic acids is 1. The molecule has 0 saturated heterocycles. The number of rotatable bonds is 8. The Kier molecular flexibility index (Phi) is 6.62. The molecule has 6 nitrogen and oxygen atoms in total. The van der Waals surface area contributed by atoms with E-state index >= 15 is 0 Å². The van der Waals surface area contributed by atoms with E-state index in [2.05, 4.69) is 25.5 Å². The molecule has 0 radical (unpaired) electrons. The number of carbonyl (C=O) groups is 1. The zero-order valence-corrected chi connectivity index (χ0v) is 13.9. The third-order valence-electron chi connectivity index (χ3n) is 3.38. The summed E-state index contributed by atoms with van der Waals surface area (Å²) in [7, 11) is 4.04. The number of amides is 1. The second kappa shape index (κ2) is 8.93. The Bertz CT molecular complexity index is 660. The van der Waals surface area contributed by atoms with Crippen LogP contribution in [0.1, 0.15) is 22.3 Å². The summed E-state index contributed by atoms with van der Waals surface area (Å²) >= 11 is 0. The summed E-state index contributed by atoms with van der Waals surface area (Å²) in [6, 6.07) is 6.33. The number of nitrogens with zero attached hydrogens (tertiary/aromatic N) is 3. The molecule has 0 unspecified atom stereocenters. The molecule has 24 heavy (non-hydrogen) atoms. The average Bonchev–Trinajstić information content (AvgIpc) is 2.58. The van der Waals surface area contributed by atoms with Gasteiger partial charge in [0.05, 0.1) is 5.56 Å². The molecule has 1 amide bonds. The Morgan fingerprint density at radius 3 is 2.58 bits per heavy atom. The zero-order valence-electron chi connectivity index (χ0n) is 13.9. The lowest BCUT2D eigenvalue weighted by molar-refractivity contribution is 0.0950. The van der Waals surface area contributed by atoms with Gasteiger partial charge in [0.1, 0.15) is 5.82 Å². The van der Waals surface area contributed by atoms with Crippen LogP contribution in [-0.4, -0.2) is 48.0 Å². The van der Waals surface area contributed by atoms with Crippen molar-refractivity contribution in [2.24, 2.45) is 0 Å². The Morgan fingerprint density at radius 1 is 1.21 bits per heavy atom. The van der Waals surface area contributed by atoms with Gasteiger partial charge in [-0.1, -0.05) is 18.2 Å². The van der Waals surface area contributed by atoms with E-state index in [1.807, 2.05) is 14.1 Å². The monoisotopic (exact) mass is 331 g/mol. The van der Waals surface area contributed by atoms with Crippen molar-refractivity contribution in [3.8, 4) is 0 Å². The molecule has 0 atom stereocenters. The summed E-state index contributed by atoms with van der Waals surface area (Å²) in [5.41, 5.74) is 0.774. The van der Waals surface area contributed by atoms with Crippen LogP contribution in [0.15, 0.2) is 36.7 Å². The van der Waals surface area contributed by atoms with Crippen molar-refractivity contribution in [2.75, 3.05) is 32.5 Å². The van der Waals surface area contributed by atoms with Gasteiger partial charge >= 0.3 is 0 Å². The van der Waals surface area contributed by atoms with Gasteiger partial charge in [-0.3, -0.25) is 4.79 Å². The molecule has 1 heterocycles. The predicted octanol–water partition coefficient (Wildman–Crippen LogP) is 1.91. The molecule has 0 fully saturated rings. The summed E-state index contributed by atoms with van der Waals surface area (Å²) in [5, 5.41) is 5.76. The van der Waals surface area contributed by atoms with Crippen molar-refractivity contribution in [3.05, 3.63) is 53.6 Å². The fourth-order valence-corrected chi connectivity index (χ4v) is 2.05. The van der Waals surface area contributed by atoms with Gasteiger partial charge in [0.25, 0.3) is 5.91 Å². The van der Waals surface area contributed by atoms with Crippen LogP contribution in [0.3, 0.4) is 0 Å². The minimum atomic E-state index is -0.341. The molecular weight excluding hydrogens is 309 g/mol. The molecule has 7 heteroatoms. The van der Waals surface area contributed by atoms with Crippen LogP contribution in [0.5, 0.6) is 0 Å². The van der Waals surface area contributed by atoms with Crippen molar-refractivity contribution < 1.29 is 9.18 Å². The van der Waals surface area contributed by atoms with Crippen molar-refractivity contribution in [2.45, 2.75) is 13.0 Å². The lowest BCUT2D eigenvalue weighted by Crippen LogP contribution is -2.24. The number of anilines is 1. The predicted molar refractivity (Wildman–Crippen MR) is 91.3 cm³/mol. The summed E-state index contributed by atoms with van der Waals surface area (Å²) in [4.78, 5) is 22.4. The minimum Gasteiger partial charge on any atom is -0.354 e. The molecular formula is C17H22FN5O. The van der Waals surface area contributed by atoms with E-state index in [0.29, 0.717) is 17.1 Å². The number of hydrogen-bond acceptors (Lipinski definition) is 5. The first-order valence-electron chi connectivity index (χ1n) is 7.78. The highest BCUT2D eigenvalue weighted by Gasteiger charge is 2.08. The van der Waals surface area contributed by atoms with E-state index in [9.17, 15) is 9.18 Å². The lowest BCUT2D eigenvalue weighted by atomic mass is 10.2. The standard InChI is InChI=1S/C17H22FN5O/c1-23(2)9-5-8-19-17-21-11-14(12-22-17)16(24)20-10-13-6-3-4-7-15(13)18/h3-4,6-7,11-12H,5,8-10H2,1-2H3,(H,20,24)(H,19,21,22). The molecule has 2 rings (SSSR count). The average molecular weight is 331 g/mol. The maximum atomic E-state index is 13.5.